The highest BCUT2D eigenvalue weighted by Crippen LogP contribution is 2.22. The number of hydrogen-bond donors (Lipinski definition) is 1. The lowest BCUT2D eigenvalue weighted by Gasteiger charge is -2.10. The zero-order chi connectivity index (χ0) is 11.4. The highest BCUT2D eigenvalue weighted by molar-refractivity contribution is 5.46. The minimum absolute atomic E-state index is 0.665. The maximum absolute atomic E-state index is 5.31. The minimum atomic E-state index is 0.665. The van der Waals surface area contributed by atoms with Crippen molar-refractivity contribution in [1.29, 1.82) is 0 Å². The SMILES string of the molecule is CNCc1nncn1-c1ccccc1OC. The quantitative estimate of drug-likeness (QED) is 0.831. The molecule has 0 saturated carbocycles. The summed E-state index contributed by atoms with van der Waals surface area (Å²) in [5, 5.41) is 11.0. The Labute approximate surface area is 94.1 Å². The summed E-state index contributed by atoms with van der Waals surface area (Å²) < 4.78 is 7.22. The molecule has 84 valence electrons. The molecule has 0 amide bonds. The van der Waals surface area contributed by atoms with Gasteiger partial charge in [-0.15, -0.1) is 10.2 Å². The Bertz CT molecular complexity index is 467. The van der Waals surface area contributed by atoms with Crippen LogP contribution in [-0.4, -0.2) is 28.9 Å². The Balaban J connectivity index is 2.45. The van der Waals surface area contributed by atoms with Crippen molar-refractivity contribution < 1.29 is 4.74 Å². The van der Waals surface area contributed by atoms with Gasteiger partial charge in [0.15, 0.2) is 5.82 Å². The Morgan fingerprint density at radius 3 is 2.94 bits per heavy atom. The molecule has 0 radical (unpaired) electrons. The van der Waals surface area contributed by atoms with Gasteiger partial charge >= 0.3 is 0 Å². The van der Waals surface area contributed by atoms with Gasteiger partial charge < -0.3 is 10.1 Å². The molecule has 0 spiro atoms. The standard InChI is InChI=1S/C11H14N4O/c1-12-7-11-14-13-8-15(11)9-5-3-4-6-10(9)16-2/h3-6,8,12H,7H2,1-2H3. The first-order valence-corrected chi connectivity index (χ1v) is 5.03. The van der Waals surface area contributed by atoms with Crippen LogP contribution in [0.1, 0.15) is 5.82 Å². The Hall–Kier alpha value is -1.88. The van der Waals surface area contributed by atoms with Crippen LogP contribution in [0.15, 0.2) is 30.6 Å². The molecule has 1 heterocycles. The van der Waals surface area contributed by atoms with Crippen LogP contribution in [0.2, 0.25) is 0 Å². The summed E-state index contributed by atoms with van der Waals surface area (Å²) in [5.74, 6) is 1.66. The van der Waals surface area contributed by atoms with E-state index in [1.807, 2.05) is 35.9 Å². The predicted molar refractivity (Wildman–Crippen MR) is 60.7 cm³/mol. The maximum atomic E-state index is 5.31. The van der Waals surface area contributed by atoms with E-state index in [9.17, 15) is 0 Å². The third-order valence-electron chi connectivity index (χ3n) is 2.30. The van der Waals surface area contributed by atoms with Gasteiger partial charge in [0, 0.05) is 0 Å². The third kappa shape index (κ3) is 1.90. The van der Waals surface area contributed by atoms with Crippen LogP contribution in [-0.2, 0) is 6.54 Å². The van der Waals surface area contributed by atoms with E-state index in [1.165, 1.54) is 0 Å². The summed E-state index contributed by atoms with van der Waals surface area (Å²) in [5.41, 5.74) is 0.945. The van der Waals surface area contributed by atoms with Crippen molar-refractivity contribution in [2.75, 3.05) is 14.2 Å². The first-order chi connectivity index (χ1) is 7.86. The largest absolute Gasteiger partial charge is 0.495 e. The number of nitrogens with zero attached hydrogens (tertiary/aromatic N) is 3. The lowest BCUT2D eigenvalue weighted by atomic mass is 10.3. The summed E-state index contributed by atoms with van der Waals surface area (Å²) in [6.45, 7) is 0.665. The minimum Gasteiger partial charge on any atom is -0.495 e. The molecular formula is C11H14N4O. The average molecular weight is 218 g/mol. The molecule has 0 saturated heterocycles. The fraction of sp³-hybridized carbons (Fsp3) is 0.273. The number of benzene rings is 1. The zero-order valence-electron chi connectivity index (χ0n) is 9.34. The summed E-state index contributed by atoms with van der Waals surface area (Å²) >= 11 is 0. The number of hydrogen-bond acceptors (Lipinski definition) is 4. The Kier molecular flexibility index (Phi) is 3.16. The molecule has 16 heavy (non-hydrogen) atoms. The van der Waals surface area contributed by atoms with Gasteiger partial charge in [0.05, 0.1) is 19.3 Å². The third-order valence-corrected chi connectivity index (χ3v) is 2.30. The lowest BCUT2D eigenvalue weighted by Crippen LogP contribution is -2.11. The van der Waals surface area contributed by atoms with Crippen molar-refractivity contribution in [3.05, 3.63) is 36.4 Å². The van der Waals surface area contributed by atoms with Crippen molar-refractivity contribution in [2.45, 2.75) is 6.54 Å². The van der Waals surface area contributed by atoms with E-state index in [2.05, 4.69) is 15.5 Å². The van der Waals surface area contributed by atoms with E-state index in [-0.39, 0.29) is 0 Å². The molecule has 5 nitrogen and oxygen atoms in total. The monoisotopic (exact) mass is 218 g/mol. The van der Waals surface area contributed by atoms with E-state index < -0.39 is 0 Å². The van der Waals surface area contributed by atoms with Crippen LogP contribution in [0.4, 0.5) is 0 Å². The summed E-state index contributed by atoms with van der Waals surface area (Å²) in [7, 11) is 3.53. The van der Waals surface area contributed by atoms with E-state index >= 15 is 0 Å². The molecule has 1 aromatic heterocycles. The summed E-state index contributed by atoms with van der Waals surface area (Å²) in [6.07, 6.45) is 1.69. The van der Waals surface area contributed by atoms with Gasteiger partial charge in [-0.05, 0) is 19.2 Å². The van der Waals surface area contributed by atoms with Crippen LogP contribution in [0.25, 0.3) is 5.69 Å². The topological polar surface area (TPSA) is 52.0 Å². The van der Waals surface area contributed by atoms with Gasteiger partial charge in [0.2, 0.25) is 0 Å². The first kappa shape index (κ1) is 10.6. The average Bonchev–Trinajstić information content (AvgIpc) is 2.77. The molecule has 1 aromatic carbocycles. The molecule has 0 bridgehead atoms. The molecule has 0 fully saturated rings. The molecule has 0 unspecified atom stereocenters. The second kappa shape index (κ2) is 4.76. The second-order valence-corrected chi connectivity index (χ2v) is 3.32. The van der Waals surface area contributed by atoms with Gasteiger partial charge in [0.25, 0.3) is 0 Å². The number of rotatable bonds is 4. The van der Waals surface area contributed by atoms with Crippen molar-refractivity contribution >= 4 is 0 Å². The fourth-order valence-electron chi connectivity index (χ4n) is 1.57. The molecule has 1 N–H and O–H groups in total. The molecule has 0 aliphatic carbocycles. The van der Waals surface area contributed by atoms with Crippen LogP contribution in [0, 0.1) is 0 Å². The second-order valence-electron chi connectivity index (χ2n) is 3.32. The highest BCUT2D eigenvalue weighted by atomic mass is 16.5. The van der Waals surface area contributed by atoms with E-state index in [4.69, 9.17) is 4.74 Å². The van der Waals surface area contributed by atoms with Crippen LogP contribution in [0.3, 0.4) is 0 Å². The van der Waals surface area contributed by atoms with Gasteiger partial charge in [-0.3, -0.25) is 4.57 Å². The number of methoxy groups -OCH3 is 1. The summed E-state index contributed by atoms with van der Waals surface area (Å²) in [4.78, 5) is 0. The number of nitrogens with one attached hydrogen (secondary N) is 1. The van der Waals surface area contributed by atoms with Gasteiger partial charge in [-0.1, -0.05) is 12.1 Å². The Morgan fingerprint density at radius 2 is 2.19 bits per heavy atom. The predicted octanol–water partition coefficient (Wildman–Crippen LogP) is 0.995. The molecule has 0 aliphatic heterocycles. The van der Waals surface area contributed by atoms with E-state index in [1.54, 1.807) is 13.4 Å². The number of ether oxygens (including phenoxy) is 1. The fourth-order valence-corrected chi connectivity index (χ4v) is 1.57. The molecule has 0 atom stereocenters. The van der Waals surface area contributed by atoms with Crippen molar-refractivity contribution in [3.63, 3.8) is 0 Å². The van der Waals surface area contributed by atoms with Gasteiger partial charge in [-0.25, -0.2) is 0 Å². The van der Waals surface area contributed by atoms with Crippen molar-refractivity contribution in [1.82, 2.24) is 20.1 Å². The van der Waals surface area contributed by atoms with E-state index in [0.29, 0.717) is 6.54 Å². The van der Waals surface area contributed by atoms with E-state index in [0.717, 1.165) is 17.3 Å². The van der Waals surface area contributed by atoms with Crippen molar-refractivity contribution in [2.24, 2.45) is 0 Å². The molecule has 0 aliphatic rings. The van der Waals surface area contributed by atoms with Crippen LogP contribution < -0.4 is 10.1 Å². The number of aromatic nitrogens is 3. The zero-order valence-corrected chi connectivity index (χ0v) is 9.34. The van der Waals surface area contributed by atoms with Crippen molar-refractivity contribution in [3.8, 4) is 11.4 Å². The highest BCUT2D eigenvalue weighted by Gasteiger charge is 2.09. The van der Waals surface area contributed by atoms with Gasteiger partial charge in [-0.2, -0.15) is 0 Å². The van der Waals surface area contributed by atoms with Crippen LogP contribution in [0.5, 0.6) is 5.75 Å². The maximum Gasteiger partial charge on any atom is 0.151 e. The molecule has 2 aromatic rings. The first-order valence-electron chi connectivity index (χ1n) is 5.03. The molecule has 5 heteroatoms. The molecular weight excluding hydrogens is 204 g/mol. The summed E-state index contributed by atoms with van der Waals surface area (Å²) in [6, 6.07) is 7.78. The Morgan fingerprint density at radius 1 is 1.38 bits per heavy atom. The normalized spacial score (nSPS) is 10.4. The smallest absolute Gasteiger partial charge is 0.151 e. The number of para-hydroxylation sites is 2. The lowest BCUT2D eigenvalue weighted by molar-refractivity contribution is 0.412. The van der Waals surface area contributed by atoms with Crippen LogP contribution >= 0.6 is 0 Å². The van der Waals surface area contributed by atoms with Gasteiger partial charge in [0.1, 0.15) is 12.1 Å². The molecule has 2 rings (SSSR count).